The molecule has 47 valence electrons. The molecule has 1 aliphatic carbocycles. The zero-order valence-electron chi connectivity index (χ0n) is 5.12. The smallest absolute Gasteiger partial charge is 0.0446 e. The molecule has 1 aliphatic rings. The molecule has 0 amide bonds. The van der Waals surface area contributed by atoms with Crippen LogP contribution in [-0.4, -0.2) is 4.87 Å². The maximum Gasteiger partial charge on any atom is 0.0446 e. The Hall–Kier alpha value is 0.290. The van der Waals surface area contributed by atoms with Crippen molar-refractivity contribution in [3.8, 4) is 0 Å². The minimum absolute atomic E-state index is 0.182. The summed E-state index contributed by atoms with van der Waals surface area (Å²) in [6.07, 6.45) is 5.84. The number of hydrogen-bond acceptors (Lipinski definition) is 0. The molecule has 8 heavy (non-hydrogen) atoms. The van der Waals surface area contributed by atoms with Gasteiger partial charge in [-0.2, -0.15) is 0 Å². The second-order valence-corrected chi connectivity index (χ2v) is 3.41. The zero-order valence-corrected chi connectivity index (χ0v) is 5.88. The predicted molar refractivity (Wildman–Crippen MR) is 37.0 cm³/mol. The van der Waals surface area contributed by atoms with Crippen LogP contribution in [0.5, 0.6) is 0 Å². The number of alkyl halides is 1. The summed E-state index contributed by atoms with van der Waals surface area (Å²) in [7, 11) is 0. The molecule has 0 aromatic carbocycles. The van der Waals surface area contributed by atoms with E-state index in [2.05, 4.69) is 6.92 Å². The van der Waals surface area contributed by atoms with Crippen LogP contribution in [0.4, 0.5) is 0 Å². The Morgan fingerprint density at radius 1 is 1.50 bits per heavy atom. The molecule has 0 bridgehead atoms. The van der Waals surface area contributed by atoms with E-state index in [1.165, 1.54) is 19.3 Å². The second kappa shape index (κ2) is 2.26. The highest BCUT2D eigenvalue weighted by molar-refractivity contribution is 6.24. The van der Waals surface area contributed by atoms with Crippen LogP contribution < -0.4 is 0 Å². The molecule has 0 atom stereocenters. The first kappa shape index (κ1) is 6.41. The lowest BCUT2D eigenvalue weighted by atomic mass is 9.81. The van der Waals surface area contributed by atoms with Crippen LogP contribution in [0.2, 0.25) is 0 Å². The molecule has 0 aliphatic heterocycles. The molecule has 1 saturated carbocycles. The first-order valence-corrected chi connectivity index (χ1v) is 3.63. The second-order valence-electron chi connectivity index (χ2n) is 2.61. The van der Waals surface area contributed by atoms with Crippen LogP contribution in [-0.2, 0) is 0 Å². The van der Waals surface area contributed by atoms with Crippen molar-refractivity contribution in [1.82, 2.24) is 0 Å². The summed E-state index contributed by atoms with van der Waals surface area (Å²) < 4.78 is 0. The monoisotopic (exact) mass is 131 g/mol. The van der Waals surface area contributed by atoms with Gasteiger partial charge in [0.1, 0.15) is 0 Å². The first-order valence-electron chi connectivity index (χ1n) is 3.25. The average molecular weight is 132 g/mol. The van der Waals surface area contributed by atoms with Crippen molar-refractivity contribution < 1.29 is 0 Å². The summed E-state index contributed by atoms with van der Waals surface area (Å²) in [6.45, 7) is 3.77. The van der Waals surface area contributed by atoms with Crippen LogP contribution >= 0.6 is 11.6 Å². The van der Waals surface area contributed by atoms with Gasteiger partial charge >= 0.3 is 0 Å². The molecule has 0 N–H and O–H groups in total. The fraction of sp³-hybridized carbons (Fsp3) is 0.857. The maximum atomic E-state index is 6.07. The van der Waals surface area contributed by atoms with Crippen LogP contribution in [0, 0.1) is 6.92 Å². The normalized spacial score (nSPS) is 24.8. The van der Waals surface area contributed by atoms with Crippen molar-refractivity contribution in [2.75, 3.05) is 0 Å². The molecule has 0 aromatic rings. The van der Waals surface area contributed by atoms with Crippen LogP contribution in [0.3, 0.4) is 0 Å². The topological polar surface area (TPSA) is 0 Å². The van der Waals surface area contributed by atoms with Crippen molar-refractivity contribution >= 4 is 11.6 Å². The Bertz CT molecular complexity index is 74.5. The summed E-state index contributed by atoms with van der Waals surface area (Å²) >= 11 is 6.07. The molecule has 1 heteroatoms. The van der Waals surface area contributed by atoms with Gasteiger partial charge in [0.15, 0.2) is 0 Å². The maximum absolute atomic E-state index is 6.07. The SMILES string of the molecule is [CH2]CCC1(Cl)CCC1. The lowest BCUT2D eigenvalue weighted by Gasteiger charge is -2.35. The molecule has 0 saturated heterocycles. The van der Waals surface area contributed by atoms with Crippen LogP contribution in [0.1, 0.15) is 32.1 Å². The van der Waals surface area contributed by atoms with Crippen molar-refractivity contribution in [3.63, 3.8) is 0 Å². The molecule has 1 radical (unpaired) electrons. The van der Waals surface area contributed by atoms with E-state index in [1.54, 1.807) is 0 Å². The zero-order chi connectivity index (χ0) is 6.04. The van der Waals surface area contributed by atoms with E-state index in [1.807, 2.05) is 0 Å². The standard InChI is InChI=1S/C7H12Cl/c1-2-4-7(8)5-3-6-7/h1-6H2. The molecular formula is C7H12Cl. The van der Waals surface area contributed by atoms with Crippen LogP contribution in [0.25, 0.3) is 0 Å². The van der Waals surface area contributed by atoms with Crippen molar-refractivity contribution in [2.45, 2.75) is 37.0 Å². The van der Waals surface area contributed by atoms with Crippen molar-refractivity contribution in [3.05, 3.63) is 6.92 Å². The number of hydrogen-bond donors (Lipinski definition) is 0. The predicted octanol–water partition coefficient (Wildman–Crippen LogP) is 2.76. The van der Waals surface area contributed by atoms with Crippen molar-refractivity contribution in [1.29, 1.82) is 0 Å². The van der Waals surface area contributed by atoms with Gasteiger partial charge in [0.25, 0.3) is 0 Å². The lowest BCUT2D eigenvalue weighted by molar-refractivity contribution is 0.334. The Morgan fingerprint density at radius 2 is 2.12 bits per heavy atom. The molecule has 0 heterocycles. The number of rotatable bonds is 2. The van der Waals surface area contributed by atoms with E-state index in [0.29, 0.717) is 0 Å². The quantitative estimate of drug-likeness (QED) is 0.506. The minimum Gasteiger partial charge on any atom is -0.119 e. The summed E-state index contributed by atoms with van der Waals surface area (Å²) in [5.74, 6) is 0. The Labute approximate surface area is 56.2 Å². The van der Waals surface area contributed by atoms with E-state index in [9.17, 15) is 0 Å². The van der Waals surface area contributed by atoms with Gasteiger partial charge in [-0.3, -0.25) is 0 Å². The minimum atomic E-state index is 0.182. The van der Waals surface area contributed by atoms with E-state index in [-0.39, 0.29) is 4.87 Å². The lowest BCUT2D eigenvalue weighted by Crippen LogP contribution is -2.29. The summed E-state index contributed by atoms with van der Waals surface area (Å²) in [4.78, 5) is 0.182. The van der Waals surface area contributed by atoms with Gasteiger partial charge in [-0.05, 0) is 25.7 Å². The van der Waals surface area contributed by atoms with Gasteiger partial charge in [-0.25, -0.2) is 0 Å². The third kappa shape index (κ3) is 1.17. The summed E-state index contributed by atoms with van der Waals surface area (Å²) in [5.41, 5.74) is 0. The highest BCUT2D eigenvalue weighted by Crippen LogP contribution is 2.41. The Balaban J connectivity index is 2.20. The fourth-order valence-corrected chi connectivity index (χ4v) is 1.53. The third-order valence-corrected chi connectivity index (χ3v) is 2.44. The van der Waals surface area contributed by atoms with E-state index < -0.39 is 0 Å². The largest absolute Gasteiger partial charge is 0.119 e. The molecule has 1 fully saturated rings. The van der Waals surface area contributed by atoms with Crippen molar-refractivity contribution in [2.24, 2.45) is 0 Å². The Kier molecular flexibility index (Phi) is 1.81. The Morgan fingerprint density at radius 3 is 2.25 bits per heavy atom. The fourth-order valence-electron chi connectivity index (χ4n) is 1.13. The van der Waals surface area contributed by atoms with Gasteiger partial charge in [0.05, 0.1) is 0 Å². The van der Waals surface area contributed by atoms with E-state index >= 15 is 0 Å². The van der Waals surface area contributed by atoms with Gasteiger partial charge < -0.3 is 0 Å². The van der Waals surface area contributed by atoms with Gasteiger partial charge in [0.2, 0.25) is 0 Å². The molecule has 0 spiro atoms. The van der Waals surface area contributed by atoms with Gasteiger partial charge in [-0.1, -0.05) is 13.3 Å². The molecule has 0 nitrogen and oxygen atoms in total. The van der Waals surface area contributed by atoms with E-state index in [0.717, 1.165) is 12.8 Å². The molecule has 1 rings (SSSR count). The summed E-state index contributed by atoms with van der Waals surface area (Å²) in [6, 6.07) is 0. The average Bonchev–Trinajstić information content (AvgIpc) is 1.64. The highest BCUT2D eigenvalue weighted by Gasteiger charge is 2.32. The first-order chi connectivity index (χ1) is 3.77. The van der Waals surface area contributed by atoms with Crippen LogP contribution in [0.15, 0.2) is 0 Å². The third-order valence-electron chi connectivity index (χ3n) is 1.87. The van der Waals surface area contributed by atoms with E-state index in [4.69, 9.17) is 11.6 Å². The molecular weight excluding hydrogens is 120 g/mol. The highest BCUT2D eigenvalue weighted by atomic mass is 35.5. The number of halogens is 1. The summed E-state index contributed by atoms with van der Waals surface area (Å²) in [5, 5.41) is 0. The van der Waals surface area contributed by atoms with Gasteiger partial charge in [-0.15, -0.1) is 11.6 Å². The molecule has 0 aromatic heterocycles. The molecule has 0 unspecified atom stereocenters. The van der Waals surface area contributed by atoms with Gasteiger partial charge in [0, 0.05) is 4.87 Å².